The zero-order valence-corrected chi connectivity index (χ0v) is 15.8. The zero-order valence-electron chi connectivity index (χ0n) is 15.0. The first-order chi connectivity index (χ1) is 11.2. The minimum absolute atomic E-state index is 0.207. The quantitative estimate of drug-likeness (QED) is 0.755. The summed E-state index contributed by atoms with van der Waals surface area (Å²) < 4.78 is 10.3. The van der Waals surface area contributed by atoms with Crippen LogP contribution in [0, 0.1) is 18.8 Å². The third-order valence-corrected chi connectivity index (χ3v) is 4.31. The van der Waals surface area contributed by atoms with Gasteiger partial charge in [0.05, 0.1) is 18.8 Å². The molecule has 1 heterocycles. The summed E-state index contributed by atoms with van der Waals surface area (Å²) in [6.07, 6.45) is 0. The SMILES string of the molecule is CCOC(=O)c1c(NC(=O)C(C)C)sc(C(=O)OCC(C)C)c1C. The molecule has 0 bridgehead atoms. The molecule has 6 nitrogen and oxygen atoms in total. The van der Waals surface area contributed by atoms with E-state index in [2.05, 4.69) is 5.32 Å². The summed E-state index contributed by atoms with van der Waals surface area (Å²) in [5.74, 6) is -1.34. The number of amides is 1. The molecule has 0 radical (unpaired) electrons. The van der Waals surface area contributed by atoms with Gasteiger partial charge in [0, 0.05) is 5.92 Å². The molecule has 0 aliphatic heterocycles. The predicted octanol–water partition coefficient (Wildman–Crippen LogP) is 3.64. The van der Waals surface area contributed by atoms with Crippen LogP contribution in [-0.4, -0.2) is 31.1 Å². The highest BCUT2D eigenvalue weighted by atomic mass is 32.1. The Hall–Kier alpha value is -1.89. The van der Waals surface area contributed by atoms with Crippen LogP contribution in [0.2, 0.25) is 0 Å². The molecule has 0 aliphatic rings. The summed E-state index contributed by atoms with van der Waals surface area (Å²) in [6, 6.07) is 0. The van der Waals surface area contributed by atoms with E-state index >= 15 is 0 Å². The van der Waals surface area contributed by atoms with Gasteiger partial charge in [-0.15, -0.1) is 11.3 Å². The van der Waals surface area contributed by atoms with Crippen LogP contribution >= 0.6 is 11.3 Å². The maximum atomic E-state index is 12.3. The lowest BCUT2D eigenvalue weighted by Crippen LogP contribution is -2.19. The van der Waals surface area contributed by atoms with E-state index in [1.807, 2.05) is 13.8 Å². The van der Waals surface area contributed by atoms with E-state index in [0.29, 0.717) is 22.0 Å². The second-order valence-electron chi connectivity index (χ2n) is 6.12. The van der Waals surface area contributed by atoms with Crippen molar-refractivity contribution in [1.29, 1.82) is 0 Å². The highest BCUT2D eigenvalue weighted by Gasteiger charge is 2.27. The summed E-state index contributed by atoms with van der Waals surface area (Å²) in [5.41, 5.74) is 0.679. The minimum Gasteiger partial charge on any atom is -0.462 e. The summed E-state index contributed by atoms with van der Waals surface area (Å²) in [4.78, 5) is 36.8. The molecule has 0 unspecified atom stereocenters. The van der Waals surface area contributed by atoms with Crippen LogP contribution in [0.25, 0.3) is 0 Å². The maximum absolute atomic E-state index is 12.3. The van der Waals surface area contributed by atoms with Crippen LogP contribution in [-0.2, 0) is 14.3 Å². The number of nitrogens with one attached hydrogen (secondary N) is 1. The lowest BCUT2D eigenvalue weighted by molar-refractivity contribution is -0.118. The molecule has 1 N–H and O–H groups in total. The Balaban J connectivity index is 3.20. The standard InChI is InChI=1S/C17H25NO5S/c1-7-22-16(20)12-11(6)13(17(21)23-8-9(2)3)24-15(12)18-14(19)10(4)5/h9-10H,7-8H2,1-6H3,(H,18,19). The molecule has 1 aromatic heterocycles. The average molecular weight is 355 g/mol. The van der Waals surface area contributed by atoms with Gasteiger partial charge in [-0.25, -0.2) is 9.59 Å². The fourth-order valence-corrected chi connectivity index (χ4v) is 2.90. The van der Waals surface area contributed by atoms with E-state index in [9.17, 15) is 14.4 Å². The topological polar surface area (TPSA) is 81.7 Å². The molecule has 0 spiro atoms. The van der Waals surface area contributed by atoms with Gasteiger partial charge in [0.15, 0.2) is 0 Å². The molecule has 0 fully saturated rings. The van der Waals surface area contributed by atoms with Crippen LogP contribution in [0.5, 0.6) is 0 Å². The van der Waals surface area contributed by atoms with E-state index in [-0.39, 0.29) is 29.9 Å². The normalized spacial score (nSPS) is 10.8. The van der Waals surface area contributed by atoms with Gasteiger partial charge in [-0.2, -0.15) is 0 Å². The van der Waals surface area contributed by atoms with Gasteiger partial charge in [-0.3, -0.25) is 4.79 Å². The minimum atomic E-state index is -0.562. The van der Waals surface area contributed by atoms with Crippen molar-refractivity contribution in [2.24, 2.45) is 11.8 Å². The number of hydrogen-bond acceptors (Lipinski definition) is 6. The van der Waals surface area contributed by atoms with Crippen LogP contribution in [0.15, 0.2) is 0 Å². The molecule has 134 valence electrons. The number of rotatable bonds is 7. The molecular weight excluding hydrogens is 330 g/mol. The highest BCUT2D eigenvalue weighted by Crippen LogP contribution is 2.34. The first kappa shape index (κ1) is 20.2. The van der Waals surface area contributed by atoms with Gasteiger partial charge in [-0.1, -0.05) is 27.7 Å². The van der Waals surface area contributed by atoms with E-state index in [1.54, 1.807) is 27.7 Å². The fourth-order valence-electron chi connectivity index (χ4n) is 1.81. The molecular formula is C17H25NO5S. The average Bonchev–Trinajstić information content (AvgIpc) is 2.81. The van der Waals surface area contributed by atoms with Gasteiger partial charge in [0.1, 0.15) is 9.88 Å². The van der Waals surface area contributed by atoms with Crippen molar-refractivity contribution in [3.63, 3.8) is 0 Å². The van der Waals surface area contributed by atoms with Gasteiger partial charge in [0.2, 0.25) is 5.91 Å². The highest BCUT2D eigenvalue weighted by molar-refractivity contribution is 7.18. The Morgan fingerprint density at radius 2 is 1.71 bits per heavy atom. The third kappa shape index (κ3) is 5.06. The fraction of sp³-hybridized carbons (Fsp3) is 0.588. The summed E-state index contributed by atoms with van der Waals surface area (Å²) >= 11 is 1.04. The van der Waals surface area contributed by atoms with Crippen LogP contribution in [0.1, 0.15) is 60.2 Å². The van der Waals surface area contributed by atoms with Crippen molar-refractivity contribution < 1.29 is 23.9 Å². The van der Waals surface area contributed by atoms with Crippen molar-refractivity contribution in [1.82, 2.24) is 0 Å². The molecule has 0 saturated heterocycles. The van der Waals surface area contributed by atoms with Crippen LogP contribution < -0.4 is 5.32 Å². The van der Waals surface area contributed by atoms with E-state index < -0.39 is 11.9 Å². The number of ether oxygens (including phenoxy) is 2. The number of esters is 2. The van der Waals surface area contributed by atoms with E-state index in [0.717, 1.165) is 11.3 Å². The molecule has 0 aromatic carbocycles. The Morgan fingerprint density at radius 3 is 2.21 bits per heavy atom. The van der Waals surface area contributed by atoms with Crippen molar-refractivity contribution in [3.05, 3.63) is 16.0 Å². The van der Waals surface area contributed by atoms with Crippen molar-refractivity contribution in [2.45, 2.75) is 41.5 Å². The first-order valence-electron chi connectivity index (χ1n) is 7.97. The van der Waals surface area contributed by atoms with Gasteiger partial charge in [0.25, 0.3) is 0 Å². The van der Waals surface area contributed by atoms with E-state index in [1.165, 1.54) is 0 Å². The Kier molecular flexibility index (Phi) is 7.41. The molecule has 1 amide bonds. The Labute approximate surface area is 146 Å². The van der Waals surface area contributed by atoms with Crippen LogP contribution in [0.4, 0.5) is 5.00 Å². The number of carbonyl (C=O) groups is 3. The summed E-state index contributed by atoms with van der Waals surface area (Å²) in [5, 5.41) is 3.02. The van der Waals surface area contributed by atoms with Gasteiger partial charge >= 0.3 is 11.9 Å². The number of hydrogen-bond donors (Lipinski definition) is 1. The Bertz CT molecular complexity index is 619. The monoisotopic (exact) mass is 355 g/mol. The molecule has 1 rings (SSSR count). The molecule has 0 aliphatic carbocycles. The molecule has 0 saturated carbocycles. The number of thiophene rings is 1. The molecule has 1 aromatic rings. The predicted molar refractivity (Wildman–Crippen MR) is 93.6 cm³/mol. The number of anilines is 1. The Morgan fingerprint density at radius 1 is 1.08 bits per heavy atom. The summed E-state index contributed by atoms with van der Waals surface area (Å²) in [7, 11) is 0. The lowest BCUT2D eigenvalue weighted by atomic mass is 10.1. The first-order valence-corrected chi connectivity index (χ1v) is 8.79. The van der Waals surface area contributed by atoms with Crippen molar-refractivity contribution in [3.8, 4) is 0 Å². The second kappa shape index (κ2) is 8.82. The van der Waals surface area contributed by atoms with E-state index in [4.69, 9.17) is 9.47 Å². The second-order valence-corrected chi connectivity index (χ2v) is 7.14. The van der Waals surface area contributed by atoms with Crippen molar-refractivity contribution in [2.75, 3.05) is 18.5 Å². The van der Waals surface area contributed by atoms with Crippen molar-refractivity contribution >= 4 is 34.2 Å². The molecule has 7 heteroatoms. The molecule has 0 atom stereocenters. The molecule has 24 heavy (non-hydrogen) atoms. The lowest BCUT2D eigenvalue weighted by Gasteiger charge is -2.08. The smallest absolute Gasteiger partial charge is 0.348 e. The van der Waals surface area contributed by atoms with Gasteiger partial charge in [-0.05, 0) is 25.3 Å². The number of carbonyl (C=O) groups excluding carboxylic acids is 3. The van der Waals surface area contributed by atoms with Gasteiger partial charge < -0.3 is 14.8 Å². The zero-order chi connectivity index (χ0) is 18.4. The summed E-state index contributed by atoms with van der Waals surface area (Å²) in [6.45, 7) is 11.2. The largest absolute Gasteiger partial charge is 0.462 e. The maximum Gasteiger partial charge on any atom is 0.348 e. The van der Waals surface area contributed by atoms with Crippen LogP contribution in [0.3, 0.4) is 0 Å². The third-order valence-electron chi connectivity index (χ3n) is 3.12.